The topological polar surface area (TPSA) is 21.3 Å². The van der Waals surface area contributed by atoms with Crippen molar-refractivity contribution < 1.29 is 4.74 Å². The number of aryl methyl sites for hydroxylation is 2. The molecule has 0 spiro atoms. The van der Waals surface area contributed by atoms with Gasteiger partial charge in [0.1, 0.15) is 12.4 Å². The van der Waals surface area contributed by atoms with Crippen molar-refractivity contribution in [1.82, 2.24) is 5.32 Å². The fourth-order valence-electron chi connectivity index (χ4n) is 2.20. The van der Waals surface area contributed by atoms with Gasteiger partial charge in [0.25, 0.3) is 0 Å². The van der Waals surface area contributed by atoms with Crippen LogP contribution >= 0.6 is 27.3 Å². The van der Waals surface area contributed by atoms with Gasteiger partial charge in [-0.05, 0) is 64.5 Å². The Morgan fingerprint density at radius 2 is 1.95 bits per heavy atom. The normalized spacial score (nSPS) is 10.8. The first kappa shape index (κ1) is 15.5. The van der Waals surface area contributed by atoms with Crippen molar-refractivity contribution >= 4 is 27.3 Å². The third-order valence-electron chi connectivity index (χ3n) is 3.14. The summed E-state index contributed by atoms with van der Waals surface area (Å²) >= 11 is 5.25. The van der Waals surface area contributed by atoms with E-state index >= 15 is 0 Å². The van der Waals surface area contributed by atoms with Gasteiger partial charge in [0.2, 0.25) is 0 Å². The molecule has 20 heavy (non-hydrogen) atoms. The van der Waals surface area contributed by atoms with E-state index in [9.17, 15) is 0 Å². The van der Waals surface area contributed by atoms with Crippen LogP contribution in [0.1, 0.15) is 28.5 Å². The molecule has 1 aromatic heterocycles. The maximum absolute atomic E-state index is 6.01. The van der Waals surface area contributed by atoms with E-state index in [0.29, 0.717) is 6.61 Å². The Bertz CT molecular complexity index is 557. The van der Waals surface area contributed by atoms with Crippen molar-refractivity contribution in [3.63, 3.8) is 0 Å². The second-order valence-corrected chi connectivity index (χ2v) is 6.67. The summed E-state index contributed by atoms with van der Waals surface area (Å²) in [4.78, 5) is 1.22. The molecule has 2 rings (SSSR count). The lowest BCUT2D eigenvalue weighted by molar-refractivity contribution is 0.304. The molecular formula is C16H20BrNOS. The molecule has 4 heteroatoms. The Morgan fingerprint density at radius 1 is 1.25 bits per heavy atom. The molecule has 2 aromatic rings. The average molecular weight is 354 g/mol. The molecule has 0 atom stereocenters. The van der Waals surface area contributed by atoms with Gasteiger partial charge in [-0.15, -0.1) is 11.3 Å². The number of ether oxygens (including phenoxy) is 1. The molecule has 1 heterocycles. The first-order valence-corrected chi connectivity index (χ1v) is 8.44. The second-order valence-electron chi connectivity index (χ2n) is 4.82. The maximum atomic E-state index is 6.01. The number of rotatable bonds is 6. The van der Waals surface area contributed by atoms with Crippen molar-refractivity contribution in [1.29, 1.82) is 0 Å². The Balaban J connectivity index is 2.10. The SMILES string of the molecule is CCNCc1cc(C)c(OCc2sccc2Br)c(C)c1. The number of halogens is 1. The van der Waals surface area contributed by atoms with Crippen LogP contribution in [0.2, 0.25) is 0 Å². The number of benzene rings is 1. The van der Waals surface area contributed by atoms with E-state index in [2.05, 4.69) is 65.6 Å². The third-order valence-corrected chi connectivity index (χ3v) is 5.04. The van der Waals surface area contributed by atoms with E-state index in [4.69, 9.17) is 4.74 Å². The minimum atomic E-state index is 0.618. The van der Waals surface area contributed by atoms with Crippen LogP contribution in [-0.2, 0) is 13.2 Å². The molecule has 0 aliphatic carbocycles. The van der Waals surface area contributed by atoms with Crippen molar-refractivity contribution in [2.75, 3.05) is 6.54 Å². The lowest BCUT2D eigenvalue weighted by Gasteiger charge is -2.14. The molecular weight excluding hydrogens is 334 g/mol. The van der Waals surface area contributed by atoms with Gasteiger partial charge in [-0.3, -0.25) is 0 Å². The summed E-state index contributed by atoms with van der Waals surface area (Å²) in [5.74, 6) is 1.01. The third kappa shape index (κ3) is 3.84. The highest BCUT2D eigenvalue weighted by atomic mass is 79.9. The Kier molecular flexibility index (Phi) is 5.64. The van der Waals surface area contributed by atoms with E-state index in [1.165, 1.54) is 21.6 Å². The smallest absolute Gasteiger partial charge is 0.125 e. The minimum Gasteiger partial charge on any atom is -0.487 e. The van der Waals surface area contributed by atoms with E-state index in [0.717, 1.165) is 23.3 Å². The Morgan fingerprint density at radius 3 is 2.50 bits per heavy atom. The molecule has 0 saturated heterocycles. The van der Waals surface area contributed by atoms with Gasteiger partial charge in [0, 0.05) is 11.0 Å². The van der Waals surface area contributed by atoms with Crippen LogP contribution in [0.25, 0.3) is 0 Å². The predicted molar refractivity (Wildman–Crippen MR) is 89.6 cm³/mol. The minimum absolute atomic E-state index is 0.618. The highest BCUT2D eigenvalue weighted by Gasteiger charge is 2.08. The summed E-state index contributed by atoms with van der Waals surface area (Å²) in [6, 6.07) is 6.46. The zero-order valence-electron chi connectivity index (χ0n) is 12.1. The fraction of sp³-hybridized carbons (Fsp3) is 0.375. The second kappa shape index (κ2) is 7.25. The lowest BCUT2D eigenvalue weighted by Crippen LogP contribution is -2.12. The summed E-state index contributed by atoms with van der Waals surface area (Å²) < 4.78 is 7.14. The molecule has 0 aliphatic rings. The van der Waals surface area contributed by atoms with Gasteiger partial charge in [-0.2, -0.15) is 0 Å². The lowest BCUT2D eigenvalue weighted by atomic mass is 10.1. The zero-order chi connectivity index (χ0) is 14.5. The van der Waals surface area contributed by atoms with Crippen molar-refractivity contribution in [3.8, 4) is 5.75 Å². The maximum Gasteiger partial charge on any atom is 0.125 e. The van der Waals surface area contributed by atoms with Gasteiger partial charge < -0.3 is 10.1 Å². The van der Waals surface area contributed by atoms with Gasteiger partial charge in [-0.25, -0.2) is 0 Å². The molecule has 0 bridgehead atoms. The van der Waals surface area contributed by atoms with Crippen molar-refractivity contribution in [3.05, 3.63) is 49.6 Å². The molecule has 0 amide bonds. The van der Waals surface area contributed by atoms with Crippen LogP contribution in [0, 0.1) is 13.8 Å². The van der Waals surface area contributed by atoms with Crippen molar-refractivity contribution in [2.24, 2.45) is 0 Å². The van der Waals surface area contributed by atoms with Gasteiger partial charge in [0.05, 0.1) is 4.88 Å². The van der Waals surface area contributed by atoms with E-state index in [-0.39, 0.29) is 0 Å². The first-order chi connectivity index (χ1) is 9.61. The molecule has 0 unspecified atom stereocenters. The quantitative estimate of drug-likeness (QED) is 0.803. The average Bonchev–Trinajstić information content (AvgIpc) is 2.81. The van der Waals surface area contributed by atoms with Crippen LogP contribution in [0.4, 0.5) is 0 Å². The molecule has 0 aliphatic heterocycles. The molecule has 2 nitrogen and oxygen atoms in total. The Hall–Kier alpha value is -0.840. The summed E-state index contributed by atoms with van der Waals surface area (Å²) in [7, 11) is 0. The van der Waals surface area contributed by atoms with Crippen LogP contribution in [-0.4, -0.2) is 6.54 Å². The summed E-state index contributed by atoms with van der Waals surface area (Å²) in [5.41, 5.74) is 3.71. The molecule has 1 N–H and O–H groups in total. The van der Waals surface area contributed by atoms with Crippen LogP contribution in [0.15, 0.2) is 28.1 Å². The highest BCUT2D eigenvalue weighted by molar-refractivity contribution is 9.10. The summed E-state index contributed by atoms with van der Waals surface area (Å²) in [6.45, 7) is 8.86. The van der Waals surface area contributed by atoms with Gasteiger partial charge in [-0.1, -0.05) is 19.1 Å². The van der Waals surface area contributed by atoms with E-state index < -0.39 is 0 Å². The predicted octanol–water partition coefficient (Wildman–Crippen LogP) is 4.82. The van der Waals surface area contributed by atoms with E-state index in [1.54, 1.807) is 11.3 Å². The van der Waals surface area contributed by atoms with Gasteiger partial charge in [0.15, 0.2) is 0 Å². The number of hydrogen-bond acceptors (Lipinski definition) is 3. The molecule has 0 fully saturated rings. The van der Waals surface area contributed by atoms with E-state index in [1.807, 2.05) is 0 Å². The summed E-state index contributed by atoms with van der Waals surface area (Å²) in [6.07, 6.45) is 0. The molecule has 108 valence electrons. The number of nitrogens with one attached hydrogen (secondary N) is 1. The highest BCUT2D eigenvalue weighted by Crippen LogP contribution is 2.28. The first-order valence-electron chi connectivity index (χ1n) is 6.77. The fourth-order valence-corrected chi connectivity index (χ4v) is 3.58. The summed E-state index contributed by atoms with van der Waals surface area (Å²) in [5, 5.41) is 5.43. The van der Waals surface area contributed by atoms with Gasteiger partial charge >= 0.3 is 0 Å². The largest absolute Gasteiger partial charge is 0.487 e. The molecule has 1 aromatic carbocycles. The van der Waals surface area contributed by atoms with Crippen LogP contribution in [0.5, 0.6) is 5.75 Å². The van der Waals surface area contributed by atoms with Crippen molar-refractivity contribution in [2.45, 2.75) is 33.9 Å². The number of hydrogen-bond donors (Lipinski definition) is 1. The van der Waals surface area contributed by atoms with Crippen LogP contribution < -0.4 is 10.1 Å². The molecule has 0 saturated carbocycles. The zero-order valence-corrected chi connectivity index (χ0v) is 14.5. The monoisotopic (exact) mass is 353 g/mol. The Labute approximate surface area is 133 Å². The number of thiophene rings is 1. The molecule has 0 radical (unpaired) electrons. The standard InChI is InChI=1S/C16H20BrNOS/c1-4-18-9-13-7-11(2)16(12(3)8-13)19-10-15-14(17)5-6-20-15/h5-8,18H,4,9-10H2,1-3H3. The van der Waals surface area contributed by atoms with Crippen LogP contribution in [0.3, 0.4) is 0 Å².